The molecule has 24 heavy (non-hydrogen) atoms. The summed E-state index contributed by atoms with van der Waals surface area (Å²) in [5.41, 5.74) is 0. The van der Waals surface area contributed by atoms with Crippen LogP contribution >= 0.6 is 0 Å². The maximum atomic E-state index is 12.9. The number of piperidine rings is 1. The Bertz CT molecular complexity index is 553. The molecule has 2 aliphatic heterocycles. The third-order valence-electron chi connectivity index (χ3n) is 4.95. The predicted octanol–water partition coefficient (Wildman–Crippen LogP) is 1.91. The Morgan fingerprint density at radius 2 is 2.12 bits per heavy atom. The zero-order chi connectivity index (χ0) is 16.9. The molecular formula is C16H26F2N6. The molecule has 1 unspecified atom stereocenters. The molecule has 0 aromatic carbocycles. The second-order valence-corrected chi connectivity index (χ2v) is 6.41. The molecule has 0 radical (unpaired) electrons. The van der Waals surface area contributed by atoms with Crippen LogP contribution in [-0.2, 0) is 6.54 Å². The number of guanidine groups is 1. The zero-order valence-corrected chi connectivity index (χ0v) is 14.2. The SMILES string of the molecule is CN=C(NCc1nccn1C(F)F)N1CCC(N2CCCCC2)C1. The van der Waals surface area contributed by atoms with Crippen molar-refractivity contribution in [3.63, 3.8) is 0 Å². The maximum Gasteiger partial charge on any atom is 0.319 e. The molecule has 0 aliphatic carbocycles. The Hall–Kier alpha value is -1.70. The third kappa shape index (κ3) is 3.85. The molecule has 0 spiro atoms. The number of halogens is 2. The van der Waals surface area contributed by atoms with Crippen molar-refractivity contribution in [2.75, 3.05) is 33.2 Å². The molecule has 1 N–H and O–H groups in total. The third-order valence-corrected chi connectivity index (χ3v) is 4.95. The molecule has 2 aliphatic rings. The molecule has 1 atom stereocenters. The molecule has 2 fully saturated rings. The fourth-order valence-corrected chi connectivity index (χ4v) is 3.66. The minimum atomic E-state index is -2.57. The Balaban J connectivity index is 1.54. The maximum absolute atomic E-state index is 12.9. The first-order valence-corrected chi connectivity index (χ1v) is 8.68. The van der Waals surface area contributed by atoms with Crippen molar-refractivity contribution in [1.29, 1.82) is 0 Å². The average Bonchev–Trinajstić information content (AvgIpc) is 3.26. The highest BCUT2D eigenvalue weighted by Crippen LogP contribution is 2.20. The first kappa shape index (κ1) is 17.1. The lowest BCUT2D eigenvalue weighted by molar-refractivity contribution is 0.0668. The van der Waals surface area contributed by atoms with Gasteiger partial charge in [0.15, 0.2) is 5.96 Å². The summed E-state index contributed by atoms with van der Waals surface area (Å²) in [5.74, 6) is 1.08. The molecule has 1 aromatic heterocycles. The predicted molar refractivity (Wildman–Crippen MR) is 89.1 cm³/mol. The Morgan fingerprint density at radius 1 is 1.33 bits per heavy atom. The van der Waals surface area contributed by atoms with E-state index in [4.69, 9.17) is 0 Å². The molecule has 3 rings (SSSR count). The van der Waals surface area contributed by atoms with E-state index in [2.05, 4.69) is 25.1 Å². The van der Waals surface area contributed by atoms with Gasteiger partial charge >= 0.3 is 6.55 Å². The smallest absolute Gasteiger partial charge is 0.319 e. The molecule has 134 valence electrons. The number of nitrogens with one attached hydrogen (secondary N) is 1. The first-order valence-electron chi connectivity index (χ1n) is 8.68. The molecule has 2 saturated heterocycles. The largest absolute Gasteiger partial charge is 0.349 e. The molecular weight excluding hydrogens is 314 g/mol. The van der Waals surface area contributed by atoms with Crippen molar-refractivity contribution < 1.29 is 8.78 Å². The minimum Gasteiger partial charge on any atom is -0.349 e. The normalized spacial score (nSPS) is 23.2. The van der Waals surface area contributed by atoms with Gasteiger partial charge in [-0.25, -0.2) is 4.98 Å². The summed E-state index contributed by atoms with van der Waals surface area (Å²) in [6, 6.07) is 0.576. The quantitative estimate of drug-likeness (QED) is 0.672. The van der Waals surface area contributed by atoms with Gasteiger partial charge in [-0.2, -0.15) is 8.78 Å². The molecule has 3 heterocycles. The van der Waals surface area contributed by atoms with Gasteiger partial charge in [0.1, 0.15) is 5.82 Å². The fourth-order valence-electron chi connectivity index (χ4n) is 3.66. The molecule has 8 heteroatoms. The van der Waals surface area contributed by atoms with Gasteiger partial charge in [0.25, 0.3) is 0 Å². The second-order valence-electron chi connectivity index (χ2n) is 6.41. The van der Waals surface area contributed by atoms with Crippen LogP contribution in [0.4, 0.5) is 8.78 Å². The van der Waals surface area contributed by atoms with E-state index < -0.39 is 6.55 Å². The van der Waals surface area contributed by atoms with Gasteiger partial charge in [0.05, 0.1) is 6.54 Å². The van der Waals surface area contributed by atoms with E-state index in [1.807, 2.05) is 0 Å². The standard InChI is InChI=1S/C16H26F2N6/c1-19-16(21-11-14-20-6-10-24(14)15(17)18)23-9-5-13(12-23)22-7-3-2-4-8-22/h6,10,13,15H,2-5,7-9,11-12H2,1H3,(H,19,21). The minimum absolute atomic E-state index is 0.245. The van der Waals surface area contributed by atoms with Gasteiger partial charge in [0.2, 0.25) is 0 Å². The fraction of sp³-hybridized carbons (Fsp3) is 0.750. The van der Waals surface area contributed by atoms with E-state index in [0.717, 1.165) is 30.0 Å². The van der Waals surface area contributed by atoms with Gasteiger partial charge < -0.3 is 10.2 Å². The summed E-state index contributed by atoms with van der Waals surface area (Å²) in [6.45, 7) is 1.95. The van der Waals surface area contributed by atoms with E-state index >= 15 is 0 Å². The summed E-state index contributed by atoms with van der Waals surface area (Å²) in [6.07, 6.45) is 7.75. The second kappa shape index (κ2) is 7.92. The molecule has 0 bridgehead atoms. The van der Waals surface area contributed by atoms with Crippen molar-refractivity contribution in [3.05, 3.63) is 18.2 Å². The Kier molecular flexibility index (Phi) is 5.65. The summed E-state index contributed by atoms with van der Waals surface area (Å²) < 4.78 is 26.6. The van der Waals surface area contributed by atoms with Crippen LogP contribution in [0.15, 0.2) is 17.4 Å². The van der Waals surface area contributed by atoms with E-state index in [1.165, 1.54) is 44.7 Å². The topological polar surface area (TPSA) is 48.7 Å². The van der Waals surface area contributed by atoms with Crippen molar-refractivity contribution in [2.45, 2.75) is 44.8 Å². The number of hydrogen-bond donors (Lipinski definition) is 1. The van der Waals surface area contributed by atoms with Crippen molar-refractivity contribution in [1.82, 2.24) is 24.7 Å². The highest BCUT2D eigenvalue weighted by Gasteiger charge is 2.30. The first-order chi connectivity index (χ1) is 11.7. The lowest BCUT2D eigenvalue weighted by atomic mass is 10.1. The zero-order valence-electron chi connectivity index (χ0n) is 14.2. The highest BCUT2D eigenvalue weighted by atomic mass is 19.3. The van der Waals surface area contributed by atoms with Crippen molar-refractivity contribution in [3.8, 4) is 0 Å². The monoisotopic (exact) mass is 340 g/mol. The lowest BCUT2D eigenvalue weighted by Gasteiger charge is -2.32. The lowest BCUT2D eigenvalue weighted by Crippen LogP contribution is -2.44. The van der Waals surface area contributed by atoms with Crippen LogP contribution in [0.1, 0.15) is 38.1 Å². The van der Waals surface area contributed by atoms with Gasteiger partial charge in [-0.1, -0.05) is 6.42 Å². The number of hydrogen-bond acceptors (Lipinski definition) is 3. The number of aromatic nitrogens is 2. The summed E-state index contributed by atoms with van der Waals surface area (Å²) >= 11 is 0. The van der Waals surface area contributed by atoms with Crippen LogP contribution in [0.3, 0.4) is 0 Å². The number of nitrogens with zero attached hydrogens (tertiary/aromatic N) is 5. The number of alkyl halides is 2. The number of imidazole rings is 1. The van der Waals surface area contributed by atoms with Crippen LogP contribution in [0, 0.1) is 0 Å². The van der Waals surface area contributed by atoms with Crippen LogP contribution in [-0.4, -0.2) is 64.6 Å². The van der Waals surface area contributed by atoms with E-state index in [-0.39, 0.29) is 6.54 Å². The van der Waals surface area contributed by atoms with Gasteiger partial charge in [0, 0.05) is 38.6 Å². The van der Waals surface area contributed by atoms with E-state index in [0.29, 0.717) is 11.9 Å². The molecule has 6 nitrogen and oxygen atoms in total. The summed E-state index contributed by atoms with van der Waals surface area (Å²) in [5, 5.41) is 3.17. The van der Waals surface area contributed by atoms with Crippen LogP contribution in [0.5, 0.6) is 0 Å². The van der Waals surface area contributed by atoms with Crippen LogP contribution in [0.25, 0.3) is 0 Å². The molecule has 0 saturated carbocycles. The van der Waals surface area contributed by atoms with Gasteiger partial charge in [-0.3, -0.25) is 14.5 Å². The highest BCUT2D eigenvalue weighted by molar-refractivity contribution is 5.80. The van der Waals surface area contributed by atoms with Crippen LogP contribution < -0.4 is 5.32 Å². The van der Waals surface area contributed by atoms with E-state index in [1.54, 1.807) is 7.05 Å². The van der Waals surface area contributed by atoms with Gasteiger partial charge in [-0.15, -0.1) is 0 Å². The summed E-state index contributed by atoms with van der Waals surface area (Å²) in [7, 11) is 1.73. The Morgan fingerprint density at radius 3 is 2.83 bits per heavy atom. The molecule has 0 amide bonds. The number of rotatable bonds is 4. The van der Waals surface area contributed by atoms with Crippen LogP contribution in [0.2, 0.25) is 0 Å². The summed E-state index contributed by atoms with van der Waals surface area (Å²) in [4.78, 5) is 13.1. The number of aliphatic imine (C=N–C) groups is 1. The number of likely N-dealkylation sites (tertiary alicyclic amines) is 2. The van der Waals surface area contributed by atoms with Gasteiger partial charge in [-0.05, 0) is 32.4 Å². The van der Waals surface area contributed by atoms with E-state index in [9.17, 15) is 8.78 Å². The Labute approximate surface area is 141 Å². The average molecular weight is 340 g/mol. The van der Waals surface area contributed by atoms with Crippen molar-refractivity contribution in [2.24, 2.45) is 4.99 Å². The van der Waals surface area contributed by atoms with Crippen molar-refractivity contribution >= 4 is 5.96 Å². The molecule has 1 aromatic rings.